The van der Waals surface area contributed by atoms with Crippen molar-refractivity contribution in [2.75, 3.05) is 18.9 Å². The Balaban J connectivity index is 1.69. The van der Waals surface area contributed by atoms with Crippen molar-refractivity contribution in [2.45, 2.75) is 13.5 Å². The first kappa shape index (κ1) is 20.6. The Hall–Kier alpha value is -4.08. The van der Waals surface area contributed by atoms with Gasteiger partial charge in [-0.05, 0) is 25.1 Å². The van der Waals surface area contributed by atoms with Gasteiger partial charge in [-0.25, -0.2) is 4.98 Å². The molecule has 154 valence electrons. The molecule has 3 aromatic rings. The van der Waals surface area contributed by atoms with Crippen molar-refractivity contribution in [3.63, 3.8) is 0 Å². The minimum absolute atomic E-state index is 0.0410. The number of benzene rings is 2. The molecule has 30 heavy (non-hydrogen) atoms. The molecule has 0 radical (unpaired) electrons. The van der Waals surface area contributed by atoms with Crippen LogP contribution in [0.25, 0.3) is 10.9 Å². The number of nitrogens with one attached hydrogen (secondary N) is 1. The average molecular weight is 409 g/mol. The van der Waals surface area contributed by atoms with Crippen LogP contribution in [0.5, 0.6) is 0 Å². The molecule has 0 aliphatic heterocycles. The van der Waals surface area contributed by atoms with E-state index >= 15 is 0 Å². The third-order valence-corrected chi connectivity index (χ3v) is 4.47. The molecule has 3 rings (SSSR count). The first-order valence-electron chi connectivity index (χ1n) is 8.98. The molecule has 1 heterocycles. The number of hydrogen-bond acceptors (Lipinski definition) is 6. The predicted octanol–water partition coefficient (Wildman–Crippen LogP) is 1.71. The zero-order valence-electron chi connectivity index (χ0n) is 16.4. The molecule has 1 aromatic heterocycles. The van der Waals surface area contributed by atoms with Gasteiger partial charge < -0.3 is 10.2 Å². The fourth-order valence-corrected chi connectivity index (χ4v) is 2.78. The molecule has 0 atom stereocenters. The lowest BCUT2D eigenvalue weighted by Crippen LogP contribution is -2.38. The summed E-state index contributed by atoms with van der Waals surface area (Å²) in [5, 5.41) is 13.7. The van der Waals surface area contributed by atoms with Crippen LogP contribution in [0.15, 0.2) is 53.6 Å². The smallest absolute Gasteiger partial charge is 0.270 e. The first-order chi connectivity index (χ1) is 14.2. The number of aromatic nitrogens is 2. The van der Waals surface area contributed by atoms with Crippen LogP contribution in [0.3, 0.4) is 0 Å². The molecule has 0 fully saturated rings. The van der Waals surface area contributed by atoms with Crippen LogP contribution < -0.4 is 10.9 Å². The number of nitro groups is 1. The summed E-state index contributed by atoms with van der Waals surface area (Å²) >= 11 is 0. The van der Waals surface area contributed by atoms with Gasteiger partial charge in [-0.2, -0.15) is 0 Å². The second-order valence-corrected chi connectivity index (χ2v) is 6.80. The molecule has 10 heteroatoms. The molecule has 0 saturated carbocycles. The van der Waals surface area contributed by atoms with Gasteiger partial charge in [-0.15, -0.1) is 0 Å². The quantitative estimate of drug-likeness (QED) is 0.488. The number of nitro benzene ring substituents is 1. The topological polar surface area (TPSA) is 127 Å². The van der Waals surface area contributed by atoms with Gasteiger partial charge in [-0.3, -0.25) is 29.1 Å². The average Bonchev–Trinajstić information content (AvgIpc) is 2.71. The highest BCUT2D eigenvalue weighted by Crippen LogP contribution is 2.16. The number of anilines is 1. The Morgan fingerprint density at radius 1 is 1.20 bits per heavy atom. The lowest BCUT2D eigenvalue weighted by Gasteiger charge is -2.17. The number of non-ortho nitro benzene ring substituents is 1. The summed E-state index contributed by atoms with van der Waals surface area (Å²) in [4.78, 5) is 52.8. The van der Waals surface area contributed by atoms with Gasteiger partial charge in [0.25, 0.3) is 11.2 Å². The number of fused-ring (bicyclic) bond motifs is 1. The molecule has 0 bridgehead atoms. The summed E-state index contributed by atoms with van der Waals surface area (Å²) < 4.78 is 1.06. The monoisotopic (exact) mass is 409 g/mol. The number of nitrogens with zero attached hydrogens (tertiary/aromatic N) is 4. The van der Waals surface area contributed by atoms with Crippen LogP contribution in [0, 0.1) is 17.0 Å². The van der Waals surface area contributed by atoms with Gasteiger partial charge >= 0.3 is 0 Å². The van der Waals surface area contributed by atoms with Gasteiger partial charge in [-0.1, -0.05) is 17.7 Å². The van der Waals surface area contributed by atoms with Crippen molar-refractivity contribution >= 4 is 34.1 Å². The lowest BCUT2D eigenvalue weighted by molar-refractivity contribution is -0.384. The highest BCUT2D eigenvalue weighted by Gasteiger charge is 2.16. The molecule has 0 aliphatic carbocycles. The van der Waals surface area contributed by atoms with Crippen molar-refractivity contribution in [3.05, 3.63) is 74.8 Å². The Kier molecular flexibility index (Phi) is 5.86. The molecule has 0 unspecified atom stereocenters. The molecule has 2 aromatic carbocycles. The van der Waals surface area contributed by atoms with E-state index in [4.69, 9.17) is 0 Å². The lowest BCUT2D eigenvalue weighted by atomic mass is 10.2. The van der Waals surface area contributed by atoms with Crippen molar-refractivity contribution in [3.8, 4) is 0 Å². The maximum Gasteiger partial charge on any atom is 0.270 e. The molecule has 0 aliphatic rings. The number of hydrogen-bond donors (Lipinski definition) is 1. The van der Waals surface area contributed by atoms with Gasteiger partial charge in [0.15, 0.2) is 0 Å². The van der Waals surface area contributed by atoms with Crippen LogP contribution in [-0.4, -0.2) is 44.8 Å². The molecule has 0 spiro atoms. The third-order valence-electron chi connectivity index (χ3n) is 4.47. The van der Waals surface area contributed by atoms with Gasteiger partial charge in [0, 0.05) is 24.9 Å². The minimum atomic E-state index is -0.609. The number of carbonyl (C=O) groups excluding carboxylic acids is 2. The normalized spacial score (nSPS) is 10.6. The second-order valence-electron chi connectivity index (χ2n) is 6.80. The van der Waals surface area contributed by atoms with E-state index in [1.165, 1.54) is 30.4 Å². The molecular weight excluding hydrogens is 390 g/mol. The van der Waals surface area contributed by atoms with Crippen molar-refractivity contribution < 1.29 is 14.5 Å². The highest BCUT2D eigenvalue weighted by molar-refractivity contribution is 5.94. The van der Waals surface area contributed by atoms with Crippen LogP contribution in [0.2, 0.25) is 0 Å². The predicted molar refractivity (Wildman–Crippen MR) is 110 cm³/mol. The van der Waals surface area contributed by atoms with Crippen molar-refractivity contribution in [1.29, 1.82) is 0 Å². The van der Waals surface area contributed by atoms with Crippen molar-refractivity contribution in [2.24, 2.45) is 0 Å². The van der Waals surface area contributed by atoms with E-state index in [-0.39, 0.29) is 30.1 Å². The molecule has 1 N–H and O–H groups in total. The summed E-state index contributed by atoms with van der Waals surface area (Å²) in [5.41, 5.74) is 1.15. The summed E-state index contributed by atoms with van der Waals surface area (Å²) in [6, 6.07) is 11.0. The highest BCUT2D eigenvalue weighted by atomic mass is 16.6. The van der Waals surface area contributed by atoms with E-state index in [9.17, 15) is 24.5 Å². The van der Waals surface area contributed by atoms with E-state index in [1.54, 1.807) is 12.1 Å². The number of aryl methyl sites for hydroxylation is 1. The van der Waals surface area contributed by atoms with E-state index in [1.807, 2.05) is 19.1 Å². The Bertz CT molecular complexity index is 1190. The number of amides is 2. The summed E-state index contributed by atoms with van der Waals surface area (Å²) in [5.74, 6) is -0.864. The molecular formula is C20H19N5O5. The number of carbonyl (C=O) groups is 2. The summed E-state index contributed by atoms with van der Waals surface area (Å²) in [7, 11) is 1.45. The van der Waals surface area contributed by atoms with Crippen LogP contribution >= 0.6 is 0 Å². The first-order valence-corrected chi connectivity index (χ1v) is 8.98. The standard InChI is InChI=1S/C20H19N5O5/c1-13-3-5-14(6-4-13)22-18(26)10-23(2)19(27)11-24-12-21-17-8-7-15(25(29)30)9-16(17)20(24)28/h3-9,12H,10-11H2,1-2H3,(H,22,26). The van der Waals surface area contributed by atoms with Crippen LogP contribution in [-0.2, 0) is 16.1 Å². The van der Waals surface area contributed by atoms with E-state index in [0.717, 1.165) is 16.2 Å². The fraction of sp³-hybridized carbons (Fsp3) is 0.200. The maximum atomic E-state index is 12.6. The maximum absolute atomic E-state index is 12.6. The third kappa shape index (κ3) is 4.66. The SMILES string of the molecule is Cc1ccc(NC(=O)CN(C)C(=O)Cn2cnc3ccc([N+](=O)[O-])cc3c2=O)cc1. The van der Waals surface area contributed by atoms with E-state index in [2.05, 4.69) is 10.3 Å². The van der Waals surface area contributed by atoms with Crippen LogP contribution in [0.1, 0.15) is 5.56 Å². The van der Waals surface area contributed by atoms with Gasteiger partial charge in [0.1, 0.15) is 6.54 Å². The van der Waals surface area contributed by atoms with E-state index < -0.39 is 16.4 Å². The summed E-state index contributed by atoms with van der Waals surface area (Å²) in [6.07, 6.45) is 1.20. The second kappa shape index (κ2) is 8.52. The largest absolute Gasteiger partial charge is 0.335 e. The molecule has 10 nitrogen and oxygen atoms in total. The zero-order chi connectivity index (χ0) is 21.8. The van der Waals surface area contributed by atoms with Gasteiger partial charge in [0.2, 0.25) is 11.8 Å². The Labute approximate surface area is 170 Å². The Morgan fingerprint density at radius 3 is 2.57 bits per heavy atom. The molecule has 2 amide bonds. The number of likely N-dealkylation sites (N-methyl/N-ethyl adjacent to an activating group) is 1. The van der Waals surface area contributed by atoms with Gasteiger partial charge in [0.05, 0.1) is 28.7 Å². The fourth-order valence-electron chi connectivity index (χ4n) is 2.78. The van der Waals surface area contributed by atoms with E-state index in [0.29, 0.717) is 11.2 Å². The Morgan fingerprint density at radius 2 is 1.90 bits per heavy atom. The van der Waals surface area contributed by atoms with Crippen molar-refractivity contribution in [1.82, 2.24) is 14.5 Å². The number of rotatable bonds is 6. The molecule has 0 saturated heterocycles. The van der Waals surface area contributed by atoms with Crippen LogP contribution in [0.4, 0.5) is 11.4 Å². The summed E-state index contributed by atoms with van der Waals surface area (Å²) in [6.45, 7) is 1.38. The minimum Gasteiger partial charge on any atom is -0.335 e. The zero-order valence-corrected chi connectivity index (χ0v) is 16.4.